The Bertz CT molecular complexity index is 1410. The van der Waals surface area contributed by atoms with E-state index in [0.717, 1.165) is 33.4 Å². The van der Waals surface area contributed by atoms with Gasteiger partial charge in [-0.3, -0.25) is 4.57 Å². The molecule has 2 aromatic carbocycles. The molecule has 158 valence electrons. The van der Waals surface area contributed by atoms with E-state index < -0.39 is 12.0 Å². The largest absolute Gasteiger partial charge is 0.496 e. The topological polar surface area (TPSA) is 81.4 Å². The number of imidazole rings is 1. The molecule has 1 aliphatic rings. The van der Waals surface area contributed by atoms with E-state index in [-0.39, 0.29) is 5.88 Å². The number of ether oxygens (including phenoxy) is 2. The molecule has 2 aromatic heterocycles. The molecule has 1 atom stereocenters. The molecule has 31 heavy (non-hydrogen) atoms. The zero-order valence-electron chi connectivity index (χ0n) is 17.3. The number of carbonyl (C=O) groups is 1. The Labute approximate surface area is 183 Å². The van der Waals surface area contributed by atoms with Crippen LogP contribution in [0.3, 0.4) is 0 Å². The summed E-state index contributed by atoms with van der Waals surface area (Å²) in [6.45, 7) is 0. The van der Waals surface area contributed by atoms with Gasteiger partial charge >= 0.3 is 5.97 Å². The van der Waals surface area contributed by atoms with Crippen molar-refractivity contribution in [1.82, 2.24) is 14.1 Å². The number of hydrogen-bond acceptors (Lipinski definition) is 5. The van der Waals surface area contributed by atoms with E-state index in [1.54, 1.807) is 36.9 Å². The summed E-state index contributed by atoms with van der Waals surface area (Å²) in [5.74, 6) is 0.311. The number of H-pyrrole nitrogens is 1. The van der Waals surface area contributed by atoms with Crippen LogP contribution < -0.4 is 4.74 Å². The number of nitrogens with zero attached hydrogens (tertiary/aromatic N) is 2. The number of aromatic hydroxyl groups is 1. The Morgan fingerprint density at radius 2 is 2.00 bits per heavy atom. The van der Waals surface area contributed by atoms with Crippen LogP contribution in [0.15, 0.2) is 42.5 Å². The Hall–Kier alpha value is -3.52. The molecule has 0 saturated heterocycles. The summed E-state index contributed by atoms with van der Waals surface area (Å²) < 4.78 is 14.6. The number of aromatic amines is 1. The van der Waals surface area contributed by atoms with Crippen LogP contribution >= 0.6 is 12.2 Å². The first kappa shape index (κ1) is 19.4. The molecule has 1 aliphatic heterocycles. The second-order valence-corrected chi connectivity index (χ2v) is 7.94. The highest BCUT2D eigenvalue weighted by molar-refractivity contribution is 7.71. The molecule has 0 radical (unpaired) electrons. The maximum Gasteiger partial charge on any atom is 0.337 e. The fraction of sp³-hybridized carbons (Fsp3) is 0.217. The standard InChI is InChI=1S/C23H21N3O4S/c1-25-21(27)17-11-14-13-6-4-5-7-16(13)24-19(14)20(26(17)23(25)31)15-10-12(22(28)30-3)8-9-18(15)29-2/h4-10,20,24,27H,11H2,1-3H3/t20-/m1/s1. The average molecular weight is 436 g/mol. The van der Waals surface area contributed by atoms with Gasteiger partial charge in [0.05, 0.1) is 25.5 Å². The predicted octanol–water partition coefficient (Wildman–Crippen LogP) is 4.08. The lowest BCUT2D eigenvalue weighted by molar-refractivity contribution is 0.0600. The summed E-state index contributed by atoms with van der Waals surface area (Å²) >= 11 is 5.69. The zero-order chi connectivity index (χ0) is 21.9. The van der Waals surface area contributed by atoms with E-state index in [0.29, 0.717) is 22.5 Å². The van der Waals surface area contributed by atoms with Crippen molar-refractivity contribution in [2.75, 3.05) is 14.2 Å². The monoisotopic (exact) mass is 435 g/mol. The molecule has 7 nitrogen and oxygen atoms in total. The number of para-hydroxylation sites is 1. The summed E-state index contributed by atoms with van der Waals surface area (Å²) in [6, 6.07) is 12.8. The summed E-state index contributed by atoms with van der Waals surface area (Å²) in [7, 11) is 4.69. The molecule has 0 unspecified atom stereocenters. The van der Waals surface area contributed by atoms with Crippen molar-refractivity contribution < 1.29 is 19.4 Å². The number of benzene rings is 2. The second kappa shape index (κ2) is 7.02. The number of hydrogen-bond donors (Lipinski definition) is 2. The number of aromatic nitrogens is 3. The summed E-state index contributed by atoms with van der Waals surface area (Å²) in [4.78, 5) is 15.8. The number of methoxy groups -OCH3 is 2. The van der Waals surface area contributed by atoms with Crippen LogP contribution in [0.25, 0.3) is 10.9 Å². The first-order valence-corrected chi connectivity index (χ1v) is 10.2. The Balaban J connectivity index is 1.87. The smallest absolute Gasteiger partial charge is 0.337 e. The number of carbonyl (C=O) groups excluding carboxylic acids is 1. The van der Waals surface area contributed by atoms with E-state index in [1.807, 2.05) is 22.8 Å². The molecule has 8 heteroatoms. The van der Waals surface area contributed by atoms with Crippen LogP contribution in [-0.4, -0.2) is 39.4 Å². The van der Waals surface area contributed by atoms with E-state index in [4.69, 9.17) is 21.7 Å². The van der Waals surface area contributed by atoms with Gasteiger partial charge in [-0.1, -0.05) is 18.2 Å². The summed E-state index contributed by atoms with van der Waals surface area (Å²) in [6.07, 6.45) is 0.533. The van der Waals surface area contributed by atoms with Crippen molar-refractivity contribution in [2.45, 2.75) is 12.5 Å². The van der Waals surface area contributed by atoms with E-state index >= 15 is 0 Å². The molecule has 0 amide bonds. The van der Waals surface area contributed by atoms with E-state index in [1.165, 1.54) is 7.11 Å². The number of rotatable bonds is 3. The molecule has 4 aromatic rings. The van der Waals surface area contributed by atoms with Crippen molar-refractivity contribution in [3.05, 3.63) is 75.3 Å². The Morgan fingerprint density at radius 1 is 1.23 bits per heavy atom. The van der Waals surface area contributed by atoms with Gasteiger partial charge in [0.1, 0.15) is 11.8 Å². The lowest BCUT2D eigenvalue weighted by Crippen LogP contribution is -2.22. The lowest BCUT2D eigenvalue weighted by atomic mass is 9.91. The highest BCUT2D eigenvalue weighted by Crippen LogP contribution is 2.44. The van der Waals surface area contributed by atoms with Gasteiger partial charge in [-0.15, -0.1) is 0 Å². The molecular weight excluding hydrogens is 414 g/mol. The Kier molecular flexibility index (Phi) is 4.40. The Morgan fingerprint density at radius 3 is 2.74 bits per heavy atom. The fourth-order valence-electron chi connectivity index (χ4n) is 4.53. The highest BCUT2D eigenvalue weighted by Gasteiger charge is 2.35. The molecule has 3 heterocycles. The predicted molar refractivity (Wildman–Crippen MR) is 119 cm³/mol. The number of fused-ring (bicyclic) bond motifs is 4. The van der Waals surface area contributed by atoms with Gasteiger partial charge in [-0.2, -0.15) is 0 Å². The van der Waals surface area contributed by atoms with Crippen molar-refractivity contribution in [3.8, 4) is 11.6 Å². The fourth-order valence-corrected chi connectivity index (χ4v) is 4.83. The average Bonchev–Trinajstić information content (AvgIpc) is 3.27. The SMILES string of the molecule is COC(=O)c1ccc(OC)c([C@@H]2c3[nH]c4ccccc4c3Cc3c(O)n(C)c(=S)n32)c1. The van der Waals surface area contributed by atoms with Gasteiger partial charge in [0, 0.05) is 35.6 Å². The molecule has 2 N–H and O–H groups in total. The molecular formula is C23H21N3O4S. The van der Waals surface area contributed by atoms with E-state index in [9.17, 15) is 9.90 Å². The summed E-state index contributed by atoms with van der Waals surface area (Å²) in [5, 5.41) is 11.9. The molecule has 0 bridgehead atoms. The third kappa shape index (κ3) is 2.71. The maximum absolute atomic E-state index is 12.3. The molecule has 0 saturated carbocycles. The lowest BCUT2D eigenvalue weighted by Gasteiger charge is -2.28. The van der Waals surface area contributed by atoms with Crippen LogP contribution in [0.4, 0.5) is 0 Å². The highest BCUT2D eigenvalue weighted by atomic mass is 32.1. The minimum atomic E-state index is -0.434. The van der Waals surface area contributed by atoms with Crippen molar-refractivity contribution in [2.24, 2.45) is 7.05 Å². The van der Waals surface area contributed by atoms with Gasteiger partial charge in [0.2, 0.25) is 5.88 Å². The number of esters is 1. The van der Waals surface area contributed by atoms with Gasteiger partial charge in [-0.25, -0.2) is 4.79 Å². The summed E-state index contributed by atoms with van der Waals surface area (Å²) in [5.41, 5.74) is 4.93. The maximum atomic E-state index is 12.3. The zero-order valence-corrected chi connectivity index (χ0v) is 18.1. The minimum Gasteiger partial charge on any atom is -0.496 e. The third-order valence-corrected chi connectivity index (χ3v) is 6.50. The van der Waals surface area contributed by atoms with Crippen molar-refractivity contribution in [1.29, 1.82) is 0 Å². The van der Waals surface area contributed by atoms with Crippen LogP contribution in [0, 0.1) is 4.77 Å². The second-order valence-electron chi connectivity index (χ2n) is 7.57. The third-order valence-electron chi connectivity index (χ3n) is 6.03. The van der Waals surface area contributed by atoms with Gasteiger partial charge < -0.3 is 24.1 Å². The molecule has 0 spiro atoms. The van der Waals surface area contributed by atoms with Crippen molar-refractivity contribution >= 4 is 29.1 Å². The number of nitrogens with one attached hydrogen (secondary N) is 1. The van der Waals surface area contributed by atoms with Gasteiger partial charge in [0.15, 0.2) is 4.77 Å². The van der Waals surface area contributed by atoms with Gasteiger partial charge in [-0.05, 0) is 42.0 Å². The molecule has 0 fully saturated rings. The van der Waals surface area contributed by atoms with Crippen LogP contribution in [0.5, 0.6) is 11.6 Å². The van der Waals surface area contributed by atoms with Crippen LogP contribution in [0.2, 0.25) is 0 Å². The van der Waals surface area contributed by atoms with Crippen LogP contribution in [0.1, 0.15) is 38.9 Å². The van der Waals surface area contributed by atoms with Crippen LogP contribution in [-0.2, 0) is 18.2 Å². The molecule has 0 aliphatic carbocycles. The first-order valence-electron chi connectivity index (χ1n) is 9.81. The normalized spacial score (nSPS) is 14.9. The van der Waals surface area contributed by atoms with Crippen molar-refractivity contribution in [3.63, 3.8) is 0 Å². The minimum absolute atomic E-state index is 0.133. The van der Waals surface area contributed by atoms with Gasteiger partial charge in [0.25, 0.3) is 0 Å². The van der Waals surface area contributed by atoms with E-state index in [2.05, 4.69) is 11.1 Å². The quantitative estimate of drug-likeness (QED) is 0.330. The first-order chi connectivity index (χ1) is 15.0. The molecule has 5 rings (SSSR count).